The summed E-state index contributed by atoms with van der Waals surface area (Å²) in [5.41, 5.74) is 0.319. The molecular formula is C16H27NO2Si. The maximum Gasteiger partial charge on any atom is 0.309 e. The molecule has 0 aromatic heterocycles. The zero-order valence-electron chi connectivity index (χ0n) is 13.5. The average molecular weight is 293 g/mol. The van der Waals surface area contributed by atoms with Crippen molar-refractivity contribution in [1.82, 2.24) is 4.90 Å². The zero-order chi connectivity index (χ0) is 15.3. The maximum absolute atomic E-state index is 12.1. The molecule has 0 aliphatic heterocycles. The number of nitrogens with zero attached hydrogens (tertiary/aromatic N) is 1. The van der Waals surface area contributed by atoms with Crippen LogP contribution < -0.4 is 5.19 Å². The molecule has 1 rings (SSSR count). The first-order valence-corrected chi connectivity index (χ1v) is 10.2. The molecule has 0 aliphatic carbocycles. The minimum atomic E-state index is -1.72. The first-order valence-electron chi connectivity index (χ1n) is 7.08. The van der Waals surface area contributed by atoms with Crippen LogP contribution in [0, 0.1) is 5.92 Å². The predicted octanol–water partition coefficient (Wildman–Crippen LogP) is 2.34. The Morgan fingerprint density at radius 2 is 1.80 bits per heavy atom. The topological polar surface area (TPSA) is 29.5 Å². The van der Waals surface area contributed by atoms with Crippen LogP contribution in [0.5, 0.6) is 0 Å². The molecule has 20 heavy (non-hydrogen) atoms. The maximum atomic E-state index is 12.1. The quantitative estimate of drug-likeness (QED) is 0.595. The van der Waals surface area contributed by atoms with Crippen molar-refractivity contribution in [3.05, 3.63) is 30.3 Å². The van der Waals surface area contributed by atoms with Crippen LogP contribution in [0.25, 0.3) is 0 Å². The van der Waals surface area contributed by atoms with E-state index in [4.69, 9.17) is 4.74 Å². The Morgan fingerprint density at radius 1 is 1.25 bits per heavy atom. The highest BCUT2D eigenvalue weighted by molar-refractivity contribution is 6.91. The summed E-state index contributed by atoms with van der Waals surface area (Å²) in [6.07, 6.45) is 0. The van der Waals surface area contributed by atoms with Crippen molar-refractivity contribution in [3.8, 4) is 0 Å². The van der Waals surface area contributed by atoms with Gasteiger partial charge >= 0.3 is 5.97 Å². The van der Waals surface area contributed by atoms with Gasteiger partial charge in [-0.25, -0.2) is 0 Å². The Bertz CT molecular complexity index is 431. The summed E-state index contributed by atoms with van der Waals surface area (Å²) in [5.74, 6) is -0.167. The third-order valence-electron chi connectivity index (χ3n) is 4.33. The average Bonchev–Trinajstić information content (AvgIpc) is 2.43. The number of carbonyl (C=O) groups excluding carboxylic acids is 1. The SMILES string of the molecule is COC(=O)[C@H](CN(C)C)[C@H](C)[Si](C)(C)c1ccccc1. The monoisotopic (exact) mass is 293 g/mol. The second-order valence-electron chi connectivity index (χ2n) is 6.27. The Labute approximate surface area is 123 Å². The molecule has 112 valence electrons. The fourth-order valence-corrected chi connectivity index (χ4v) is 5.44. The van der Waals surface area contributed by atoms with Gasteiger partial charge in [-0.1, -0.05) is 55.5 Å². The van der Waals surface area contributed by atoms with Crippen molar-refractivity contribution < 1.29 is 9.53 Å². The van der Waals surface area contributed by atoms with E-state index in [-0.39, 0.29) is 11.9 Å². The van der Waals surface area contributed by atoms with Gasteiger partial charge in [0.05, 0.1) is 21.1 Å². The molecule has 1 aromatic rings. The smallest absolute Gasteiger partial charge is 0.309 e. The van der Waals surface area contributed by atoms with E-state index in [0.29, 0.717) is 5.54 Å². The van der Waals surface area contributed by atoms with Gasteiger partial charge < -0.3 is 9.64 Å². The second kappa shape index (κ2) is 7.04. The molecule has 0 bridgehead atoms. The number of hydrogen-bond acceptors (Lipinski definition) is 3. The van der Waals surface area contributed by atoms with E-state index in [1.807, 2.05) is 20.2 Å². The van der Waals surface area contributed by atoms with Gasteiger partial charge in [0, 0.05) is 6.54 Å². The number of esters is 1. The van der Waals surface area contributed by atoms with E-state index in [0.717, 1.165) is 6.54 Å². The number of ether oxygens (including phenoxy) is 1. The van der Waals surface area contributed by atoms with Crippen molar-refractivity contribution in [2.24, 2.45) is 5.92 Å². The molecule has 0 fully saturated rings. The second-order valence-corrected chi connectivity index (χ2v) is 11.2. The molecule has 0 saturated carbocycles. The summed E-state index contributed by atoms with van der Waals surface area (Å²) in [4.78, 5) is 14.2. The van der Waals surface area contributed by atoms with E-state index in [2.05, 4.69) is 49.2 Å². The van der Waals surface area contributed by atoms with Gasteiger partial charge in [0.1, 0.15) is 0 Å². The molecule has 0 N–H and O–H groups in total. The Kier molecular flexibility index (Phi) is 5.96. The molecular weight excluding hydrogens is 266 g/mol. The number of rotatable bonds is 6. The number of carbonyl (C=O) groups is 1. The summed E-state index contributed by atoms with van der Waals surface area (Å²) >= 11 is 0. The van der Waals surface area contributed by atoms with Crippen molar-refractivity contribution in [1.29, 1.82) is 0 Å². The molecule has 3 nitrogen and oxygen atoms in total. The first kappa shape index (κ1) is 16.9. The summed E-state index contributed by atoms with van der Waals surface area (Å²) in [6, 6.07) is 10.6. The predicted molar refractivity (Wildman–Crippen MR) is 87.0 cm³/mol. The highest BCUT2D eigenvalue weighted by Gasteiger charge is 2.39. The van der Waals surface area contributed by atoms with Gasteiger partial charge in [-0.15, -0.1) is 0 Å². The molecule has 1 aromatic carbocycles. The third kappa shape index (κ3) is 3.93. The van der Waals surface area contributed by atoms with Crippen LogP contribution in [0.1, 0.15) is 6.92 Å². The van der Waals surface area contributed by atoms with E-state index >= 15 is 0 Å². The summed E-state index contributed by atoms with van der Waals surface area (Å²) in [6.45, 7) is 7.60. The number of benzene rings is 1. The van der Waals surface area contributed by atoms with Crippen LogP contribution in [-0.4, -0.2) is 46.7 Å². The molecule has 0 spiro atoms. The highest BCUT2D eigenvalue weighted by Crippen LogP contribution is 2.30. The van der Waals surface area contributed by atoms with Crippen LogP contribution in [-0.2, 0) is 9.53 Å². The lowest BCUT2D eigenvalue weighted by Crippen LogP contribution is -2.50. The molecule has 4 heteroatoms. The Balaban J connectivity index is 3.04. The fourth-order valence-electron chi connectivity index (χ4n) is 2.62. The van der Waals surface area contributed by atoms with Crippen molar-refractivity contribution in [2.75, 3.05) is 27.7 Å². The molecule has 0 aliphatic rings. The van der Waals surface area contributed by atoms with E-state index in [1.165, 1.54) is 12.3 Å². The largest absolute Gasteiger partial charge is 0.469 e. The standard InChI is InChI=1S/C16H27NO2Si/c1-13(15(12-17(2)3)16(18)19-4)20(5,6)14-10-8-7-9-11-14/h7-11,13,15H,12H2,1-6H3/t13-,15+/m0/s1. The first-order chi connectivity index (χ1) is 9.30. The minimum Gasteiger partial charge on any atom is -0.469 e. The van der Waals surface area contributed by atoms with Gasteiger partial charge in [0.25, 0.3) is 0 Å². The van der Waals surface area contributed by atoms with Crippen molar-refractivity contribution >= 4 is 19.2 Å². The van der Waals surface area contributed by atoms with E-state index in [9.17, 15) is 4.79 Å². The Morgan fingerprint density at radius 3 is 2.25 bits per heavy atom. The lowest BCUT2D eigenvalue weighted by molar-refractivity contribution is -0.146. The van der Waals surface area contributed by atoms with E-state index < -0.39 is 8.07 Å². The normalized spacial score (nSPS) is 14.9. The number of hydrogen-bond donors (Lipinski definition) is 0. The fraction of sp³-hybridized carbons (Fsp3) is 0.562. The van der Waals surface area contributed by atoms with Gasteiger partial charge in [0.15, 0.2) is 0 Å². The van der Waals surface area contributed by atoms with Gasteiger partial charge in [0.2, 0.25) is 0 Å². The molecule has 0 radical (unpaired) electrons. The summed E-state index contributed by atoms with van der Waals surface area (Å²) < 4.78 is 5.02. The zero-order valence-corrected chi connectivity index (χ0v) is 14.5. The molecule has 0 amide bonds. The lowest BCUT2D eigenvalue weighted by Gasteiger charge is -2.36. The molecule has 2 atom stereocenters. The van der Waals surface area contributed by atoms with Gasteiger partial charge in [-0.05, 0) is 19.6 Å². The third-order valence-corrected chi connectivity index (χ3v) is 8.83. The Hall–Kier alpha value is -1.13. The summed E-state index contributed by atoms with van der Waals surface area (Å²) in [7, 11) is 3.76. The van der Waals surface area contributed by atoms with E-state index in [1.54, 1.807) is 0 Å². The van der Waals surface area contributed by atoms with Gasteiger partial charge in [-0.2, -0.15) is 0 Å². The van der Waals surface area contributed by atoms with Crippen molar-refractivity contribution in [2.45, 2.75) is 25.6 Å². The molecule has 0 unspecified atom stereocenters. The van der Waals surface area contributed by atoms with Crippen LogP contribution >= 0.6 is 0 Å². The van der Waals surface area contributed by atoms with Crippen LogP contribution in [0.3, 0.4) is 0 Å². The number of methoxy groups -OCH3 is 1. The van der Waals surface area contributed by atoms with Gasteiger partial charge in [-0.3, -0.25) is 4.79 Å². The van der Waals surface area contributed by atoms with Crippen LogP contribution in [0.2, 0.25) is 18.6 Å². The molecule has 0 saturated heterocycles. The minimum absolute atomic E-state index is 0.0723. The summed E-state index contributed by atoms with van der Waals surface area (Å²) in [5, 5.41) is 1.39. The van der Waals surface area contributed by atoms with Crippen LogP contribution in [0.15, 0.2) is 30.3 Å². The lowest BCUT2D eigenvalue weighted by atomic mass is 10.1. The molecule has 0 heterocycles. The van der Waals surface area contributed by atoms with Crippen molar-refractivity contribution in [3.63, 3.8) is 0 Å². The highest BCUT2D eigenvalue weighted by atomic mass is 28.3. The van der Waals surface area contributed by atoms with Crippen LogP contribution in [0.4, 0.5) is 0 Å².